The summed E-state index contributed by atoms with van der Waals surface area (Å²) in [5.74, 6) is 0.637. The Morgan fingerprint density at radius 2 is 1.52 bits per heavy atom. The minimum absolute atomic E-state index is 0.637. The molecule has 3 aromatic heterocycles. The number of pyridine rings is 2. The predicted molar refractivity (Wildman–Crippen MR) is 81.7 cm³/mol. The van der Waals surface area contributed by atoms with E-state index in [4.69, 9.17) is 0 Å². The zero-order valence-electron chi connectivity index (χ0n) is 11.5. The fraction of sp³-hybridized carbons (Fsp3) is 0.125. The molecule has 1 N–H and O–H groups in total. The van der Waals surface area contributed by atoms with Gasteiger partial charge in [0.15, 0.2) is 0 Å². The Balaban J connectivity index is 1.64. The van der Waals surface area contributed by atoms with E-state index in [9.17, 15) is 0 Å². The van der Waals surface area contributed by atoms with Gasteiger partial charge < -0.3 is 5.32 Å². The van der Waals surface area contributed by atoms with Gasteiger partial charge in [0.1, 0.15) is 0 Å². The number of hydrogen-bond acceptors (Lipinski definition) is 5. The third kappa shape index (κ3) is 3.60. The van der Waals surface area contributed by atoms with Crippen LogP contribution >= 0.6 is 0 Å². The number of hydrogen-bond donors (Lipinski definition) is 1. The van der Waals surface area contributed by atoms with Gasteiger partial charge in [-0.25, -0.2) is 9.97 Å². The Kier molecular flexibility index (Phi) is 4.12. The zero-order chi connectivity index (χ0) is 14.3. The summed E-state index contributed by atoms with van der Waals surface area (Å²) in [4.78, 5) is 16.8. The highest BCUT2D eigenvalue weighted by Crippen LogP contribution is 2.15. The highest BCUT2D eigenvalue weighted by molar-refractivity contribution is 5.58. The lowest BCUT2D eigenvalue weighted by molar-refractivity contribution is 0.980. The van der Waals surface area contributed by atoms with Crippen LogP contribution in [0.15, 0.2) is 61.3 Å². The van der Waals surface area contributed by atoms with Gasteiger partial charge in [0.25, 0.3) is 0 Å². The standard InChI is InChI=1S/C16H15N5/c1-7-17-8-2-13(1)3-11-19-16-20-12-6-15(21-16)14-4-9-18-10-5-14/h1-2,4-10,12H,3,11H2,(H,19,20,21). The Morgan fingerprint density at radius 1 is 0.810 bits per heavy atom. The summed E-state index contributed by atoms with van der Waals surface area (Å²) < 4.78 is 0. The van der Waals surface area contributed by atoms with Crippen molar-refractivity contribution in [2.45, 2.75) is 6.42 Å². The lowest BCUT2D eigenvalue weighted by Crippen LogP contribution is -2.08. The Hall–Kier alpha value is -2.82. The van der Waals surface area contributed by atoms with Gasteiger partial charge in [0.2, 0.25) is 5.95 Å². The summed E-state index contributed by atoms with van der Waals surface area (Å²) in [5, 5.41) is 3.25. The summed E-state index contributed by atoms with van der Waals surface area (Å²) in [6.07, 6.45) is 9.79. The number of anilines is 1. The second-order valence-electron chi connectivity index (χ2n) is 4.53. The van der Waals surface area contributed by atoms with Gasteiger partial charge in [-0.05, 0) is 42.3 Å². The van der Waals surface area contributed by atoms with Crippen molar-refractivity contribution < 1.29 is 0 Å². The molecule has 0 radical (unpaired) electrons. The minimum atomic E-state index is 0.637. The first-order valence-electron chi connectivity index (χ1n) is 6.78. The average Bonchev–Trinajstić information content (AvgIpc) is 2.57. The maximum Gasteiger partial charge on any atom is 0.223 e. The van der Waals surface area contributed by atoms with Gasteiger partial charge in [0, 0.05) is 43.1 Å². The van der Waals surface area contributed by atoms with Gasteiger partial charge in [-0.1, -0.05) is 0 Å². The molecule has 0 amide bonds. The van der Waals surface area contributed by atoms with Gasteiger partial charge >= 0.3 is 0 Å². The van der Waals surface area contributed by atoms with E-state index < -0.39 is 0 Å². The van der Waals surface area contributed by atoms with Crippen LogP contribution in [-0.2, 0) is 6.42 Å². The van der Waals surface area contributed by atoms with Crippen molar-refractivity contribution in [2.24, 2.45) is 0 Å². The van der Waals surface area contributed by atoms with Crippen LogP contribution in [0.2, 0.25) is 0 Å². The molecule has 3 heterocycles. The molecule has 0 spiro atoms. The second kappa shape index (κ2) is 6.56. The van der Waals surface area contributed by atoms with Crippen LogP contribution in [0, 0.1) is 0 Å². The molecule has 0 saturated heterocycles. The fourth-order valence-electron chi connectivity index (χ4n) is 2.00. The van der Waals surface area contributed by atoms with Crippen molar-refractivity contribution in [1.29, 1.82) is 0 Å². The van der Waals surface area contributed by atoms with Crippen LogP contribution in [0.4, 0.5) is 5.95 Å². The third-order valence-electron chi connectivity index (χ3n) is 3.08. The Morgan fingerprint density at radius 3 is 2.29 bits per heavy atom. The van der Waals surface area contributed by atoms with Gasteiger partial charge in [0.05, 0.1) is 5.69 Å². The molecule has 0 aliphatic carbocycles. The molecule has 21 heavy (non-hydrogen) atoms. The van der Waals surface area contributed by atoms with E-state index in [0.717, 1.165) is 24.2 Å². The molecule has 0 bridgehead atoms. The largest absolute Gasteiger partial charge is 0.354 e. The van der Waals surface area contributed by atoms with Crippen molar-refractivity contribution in [3.05, 3.63) is 66.9 Å². The minimum Gasteiger partial charge on any atom is -0.354 e. The average molecular weight is 277 g/mol. The van der Waals surface area contributed by atoms with E-state index in [1.165, 1.54) is 5.56 Å². The summed E-state index contributed by atoms with van der Waals surface area (Å²) in [7, 11) is 0. The van der Waals surface area contributed by atoms with Gasteiger partial charge in [-0.15, -0.1) is 0 Å². The number of nitrogens with one attached hydrogen (secondary N) is 1. The molecule has 0 aromatic carbocycles. The van der Waals surface area contributed by atoms with Gasteiger partial charge in [-0.3, -0.25) is 9.97 Å². The molecular formula is C16H15N5. The van der Waals surface area contributed by atoms with Crippen molar-refractivity contribution >= 4 is 5.95 Å². The van der Waals surface area contributed by atoms with E-state index in [1.54, 1.807) is 31.0 Å². The lowest BCUT2D eigenvalue weighted by atomic mass is 10.2. The highest BCUT2D eigenvalue weighted by atomic mass is 15.1. The van der Waals surface area contributed by atoms with E-state index in [0.29, 0.717) is 5.95 Å². The number of rotatable bonds is 5. The predicted octanol–water partition coefficient (Wildman–Crippen LogP) is 2.59. The maximum absolute atomic E-state index is 4.51. The molecule has 0 aliphatic heterocycles. The van der Waals surface area contributed by atoms with E-state index >= 15 is 0 Å². The van der Waals surface area contributed by atoms with Crippen molar-refractivity contribution in [2.75, 3.05) is 11.9 Å². The van der Waals surface area contributed by atoms with E-state index in [1.807, 2.05) is 30.3 Å². The lowest BCUT2D eigenvalue weighted by Gasteiger charge is -2.06. The third-order valence-corrected chi connectivity index (χ3v) is 3.08. The summed E-state index contributed by atoms with van der Waals surface area (Å²) in [6.45, 7) is 0.782. The normalized spacial score (nSPS) is 10.3. The van der Waals surface area contributed by atoms with Gasteiger partial charge in [-0.2, -0.15) is 0 Å². The molecule has 3 aromatic rings. The van der Waals surface area contributed by atoms with Crippen LogP contribution in [0.3, 0.4) is 0 Å². The first-order valence-corrected chi connectivity index (χ1v) is 6.78. The van der Waals surface area contributed by atoms with Crippen LogP contribution in [-0.4, -0.2) is 26.5 Å². The van der Waals surface area contributed by atoms with Crippen LogP contribution in [0.5, 0.6) is 0 Å². The number of aromatic nitrogens is 4. The van der Waals surface area contributed by atoms with Crippen LogP contribution in [0.1, 0.15) is 5.56 Å². The van der Waals surface area contributed by atoms with Crippen molar-refractivity contribution in [1.82, 2.24) is 19.9 Å². The molecule has 3 rings (SSSR count). The molecule has 0 aliphatic rings. The molecule has 0 fully saturated rings. The number of nitrogens with zero attached hydrogens (tertiary/aromatic N) is 4. The summed E-state index contributed by atoms with van der Waals surface area (Å²) >= 11 is 0. The zero-order valence-corrected chi connectivity index (χ0v) is 11.5. The smallest absolute Gasteiger partial charge is 0.223 e. The van der Waals surface area contributed by atoms with Crippen LogP contribution < -0.4 is 5.32 Å². The van der Waals surface area contributed by atoms with E-state index in [-0.39, 0.29) is 0 Å². The molecule has 0 unspecified atom stereocenters. The maximum atomic E-state index is 4.51. The first kappa shape index (κ1) is 13.2. The quantitative estimate of drug-likeness (QED) is 0.776. The fourth-order valence-corrected chi connectivity index (χ4v) is 2.00. The van der Waals surface area contributed by atoms with Crippen molar-refractivity contribution in [3.63, 3.8) is 0 Å². The highest BCUT2D eigenvalue weighted by Gasteiger charge is 2.01. The van der Waals surface area contributed by atoms with E-state index in [2.05, 4.69) is 25.3 Å². The molecule has 0 atom stereocenters. The first-order chi connectivity index (χ1) is 10.4. The molecular weight excluding hydrogens is 262 g/mol. The molecule has 0 saturated carbocycles. The SMILES string of the molecule is c1cc(CCNc2nccc(-c3ccncc3)n2)ccn1. The monoisotopic (exact) mass is 277 g/mol. The van der Waals surface area contributed by atoms with Crippen LogP contribution in [0.25, 0.3) is 11.3 Å². The molecule has 5 heteroatoms. The second-order valence-corrected chi connectivity index (χ2v) is 4.53. The molecule has 5 nitrogen and oxygen atoms in total. The Bertz CT molecular complexity index is 685. The molecule has 104 valence electrons. The summed E-state index contributed by atoms with van der Waals surface area (Å²) in [6, 6.07) is 9.78. The summed E-state index contributed by atoms with van der Waals surface area (Å²) in [5.41, 5.74) is 3.16. The Labute approximate surface area is 123 Å². The topological polar surface area (TPSA) is 63.6 Å². The van der Waals surface area contributed by atoms with Crippen molar-refractivity contribution in [3.8, 4) is 11.3 Å².